The first-order valence-corrected chi connectivity index (χ1v) is 4.37. The lowest BCUT2D eigenvalue weighted by molar-refractivity contribution is 0.0943. The first-order chi connectivity index (χ1) is 6.52. The van der Waals surface area contributed by atoms with Gasteiger partial charge in [0.1, 0.15) is 5.82 Å². The highest BCUT2D eigenvalue weighted by Crippen LogP contribution is 2.15. The third kappa shape index (κ3) is 2.22. The van der Waals surface area contributed by atoms with Crippen molar-refractivity contribution in [2.75, 3.05) is 5.73 Å². The number of carbonyl (C=O) groups excluding carboxylic acids is 1. The molecule has 0 saturated carbocycles. The fourth-order valence-electron chi connectivity index (χ4n) is 1.07. The lowest BCUT2D eigenvalue weighted by Crippen LogP contribution is -2.30. The van der Waals surface area contributed by atoms with Crippen LogP contribution in [0, 0.1) is 5.82 Å². The van der Waals surface area contributed by atoms with E-state index in [1.54, 1.807) is 0 Å². The summed E-state index contributed by atoms with van der Waals surface area (Å²) in [5, 5.41) is 2.64. The first kappa shape index (κ1) is 10.5. The quantitative estimate of drug-likeness (QED) is 0.705. The third-order valence-corrected chi connectivity index (χ3v) is 1.72. The standard InChI is InChI=1S/C10H13FN2O/c1-6(2)13-10(14)7-4-3-5-8(11)9(7)12/h3-6H,12H2,1-2H3,(H,13,14). The molecule has 0 spiro atoms. The molecule has 0 bridgehead atoms. The minimum absolute atomic E-state index is 0.00478. The van der Waals surface area contributed by atoms with E-state index in [1.807, 2.05) is 13.8 Å². The summed E-state index contributed by atoms with van der Waals surface area (Å²) in [6.45, 7) is 3.65. The Labute approximate surface area is 82.1 Å². The van der Waals surface area contributed by atoms with E-state index in [4.69, 9.17) is 5.73 Å². The van der Waals surface area contributed by atoms with Crippen LogP contribution < -0.4 is 11.1 Å². The lowest BCUT2D eigenvalue weighted by Gasteiger charge is -2.10. The Hall–Kier alpha value is -1.58. The normalized spacial score (nSPS) is 10.3. The Morgan fingerprint density at radius 3 is 2.71 bits per heavy atom. The summed E-state index contributed by atoms with van der Waals surface area (Å²) < 4.78 is 13.0. The molecule has 0 atom stereocenters. The highest BCUT2D eigenvalue weighted by atomic mass is 19.1. The van der Waals surface area contributed by atoms with Crippen molar-refractivity contribution >= 4 is 11.6 Å². The SMILES string of the molecule is CC(C)NC(=O)c1cccc(F)c1N. The molecule has 0 aromatic heterocycles. The minimum Gasteiger partial charge on any atom is -0.396 e. The van der Waals surface area contributed by atoms with Gasteiger partial charge in [0.25, 0.3) is 5.91 Å². The number of halogens is 1. The number of nitrogens with one attached hydrogen (secondary N) is 1. The molecule has 0 unspecified atom stereocenters. The number of benzene rings is 1. The summed E-state index contributed by atoms with van der Waals surface area (Å²) >= 11 is 0. The first-order valence-electron chi connectivity index (χ1n) is 4.37. The third-order valence-electron chi connectivity index (χ3n) is 1.72. The fourth-order valence-corrected chi connectivity index (χ4v) is 1.07. The molecule has 0 aliphatic carbocycles. The van der Waals surface area contributed by atoms with Crippen molar-refractivity contribution in [3.8, 4) is 0 Å². The maximum absolute atomic E-state index is 13.0. The molecule has 0 saturated heterocycles. The molecular weight excluding hydrogens is 183 g/mol. The maximum Gasteiger partial charge on any atom is 0.253 e. The lowest BCUT2D eigenvalue weighted by atomic mass is 10.1. The van der Waals surface area contributed by atoms with Gasteiger partial charge in [-0.2, -0.15) is 0 Å². The van der Waals surface area contributed by atoms with Gasteiger partial charge in [0.2, 0.25) is 0 Å². The molecule has 0 aliphatic rings. The number of hydrogen-bond acceptors (Lipinski definition) is 2. The van der Waals surface area contributed by atoms with Gasteiger partial charge in [-0.25, -0.2) is 4.39 Å². The monoisotopic (exact) mass is 196 g/mol. The van der Waals surface area contributed by atoms with Gasteiger partial charge in [-0.1, -0.05) is 6.07 Å². The molecule has 0 radical (unpaired) electrons. The highest BCUT2D eigenvalue weighted by molar-refractivity contribution is 5.99. The largest absolute Gasteiger partial charge is 0.396 e. The zero-order valence-electron chi connectivity index (χ0n) is 8.17. The van der Waals surface area contributed by atoms with Gasteiger partial charge in [-0.3, -0.25) is 4.79 Å². The van der Waals surface area contributed by atoms with Crippen molar-refractivity contribution in [1.29, 1.82) is 0 Å². The Kier molecular flexibility index (Phi) is 3.06. The van der Waals surface area contributed by atoms with Crippen molar-refractivity contribution < 1.29 is 9.18 Å². The van der Waals surface area contributed by atoms with Gasteiger partial charge in [-0.15, -0.1) is 0 Å². The fraction of sp³-hybridized carbons (Fsp3) is 0.300. The molecule has 1 amide bonds. The maximum atomic E-state index is 13.0. The van der Waals surface area contributed by atoms with Crippen LogP contribution >= 0.6 is 0 Å². The molecule has 3 N–H and O–H groups in total. The van der Waals surface area contributed by atoms with Crippen LogP contribution in [0.5, 0.6) is 0 Å². The second-order valence-electron chi connectivity index (χ2n) is 3.33. The average Bonchev–Trinajstić information content (AvgIpc) is 2.08. The summed E-state index contributed by atoms with van der Waals surface area (Å²) in [6, 6.07) is 4.18. The molecule has 0 aliphatic heterocycles. The summed E-state index contributed by atoms with van der Waals surface area (Å²) in [7, 11) is 0. The highest BCUT2D eigenvalue weighted by Gasteiger charge is 2.12. The van der Waals surface area contributed by atoms with Crippen LogP contribution in [0.2, 0.25) is 0 Å². The molecule has 0 heterocycles. The zero-order chi connectivity index (χ0) is 10.7. The Morgan fingerprint density at radius 2 is 2.14 bits per heavy atom. The van der Waals surface area contributed by atoms with E-state index in [1.165, 1.54) is 18.2 Å². The smallest absolute Gasteiger partial charge is 0.253 e. The molecule has 1 aromatic carbocycles. The van der Waals surface area contributed by atoms with Crippen molar-refractivity contribution in [3.63, 3.8) is 0 Å². The Balaban J connectivity index is 2.96. The van der Waals surface area contributed by atoms with Crippen LogP contribution in [0.15, 0.2) is 18.2 Å². The molecule has 76 valence electrons. The number of amides is 1. The number of carbonyl (C=O) groups is 1. The van der Waals surface area contributed by atoms with Crippen molar-refractivity contribution in [1.82, 2.24) is 5.32 Å². The van der Waals surface area contributed by atoms with Crippen molar-refractivity contribution in [2.24, 2.45) is 0 Å². The zero-order valence-corrected chi connectivity index (χ0v) is 8.17. The molecule has 4 heteroatoms. The Bertz CT molecular complexity index is 350. The van der Waals surface area contributed by atoms with E-state index in [9.17, 15) is 9.18 Å². The van der Waals surface area contributed by atoms with Gasteiger partial charge < -0.3 is 11.1 Å². The van der Waals surface area contributed by atoms with Crippen molar-refractivity contribution in [2.45, 2.75) is 19.9 Å². The number of nitrogen functional groups attached to an aromatic ring is 1. The number of para-hydroxylation sites is 1. The average molecular weight is 196 g/mol. The molecular formula is C10H13FN2O. The van der Waals surface area contributed by atoms with E-state index in [0.29, 0.717) is 0 Å². The van der Waals surface area contributed by atoms with Crippen LogP contribution in [-0.2, 0) is 0 Å². The van der Waals surface area contributed by atoms with Crippen LogP contribution in [0.25, 0.3) is 0 Å². The van der Waals surface area contributed by atoms with Crippen molar-refractivity contribution in [3.05, 3.63) is 29.6 Å². The summed E-state index contributed by atoms with van der Waals surface area (Å²) in [4.78, 5) is 11.5. The van der Waals surface area contributed by atoms with E-state index in [2.05, 4.69) is 5.32 Å². The second kappa shape index (κ2) is 4.09. The minimum atomic E-state index is -0.568. The van der Waals surface area contributed by atoms with E-state index in [0.717, 1.165) is 0 Å². The van der Waals surface area contributed by atoms with Crippen LogP contribution in [-0.4, -0.2) is 11.9 Å². The van der Waals surface area contributed by atoms with E-state index in [-0.39, 0.29) is 23.2 Å². The van der Waals surface area contributed by atoms with Gasteiger partial charge in [-0.05, 0) is 26.0 Å². The Morgan fingerprint density at radius 1 is 1.50 bits per heavy atom. The van der Waals surface area contributed by atoms with Gasteiger partial charge in [0.15, 0.2) is 0 Å². The molecule has 1 aromatic rings. The predicted molar refractivity (Wildman–Crippen MR) is 53.4 cm³/mol. The predicted octanol–water partition coefficient (Wildman–Crippen LogP) is 1.55. The molecule has 0 fully saturated rings. The summed E-state index contributed by atoms with van der Waals surface area (Å²) in [5.74, 6) is -0.918. The summed E-state index contributed by atoms with van der Waals surface area (Å²) in [5.41, 5.74) is 5.50. The van der Waals surface area contributed by atoms with Crippen LogP contribution in [0.3, 0.4) is 0 Å². The van der Waals surface area contributed by atoms with E-state index < -0.39 is 5.82 Å². The second-order valence-corrected chi connectivity index (χ2v) is 3.33. The number of nitrogens with two attached hydrogens (primary N) is 1. The number of rotatable bonds is 2. The molecule has 3 nitrogen and oxygen atoms in total. The van der Waals surface area contributed by atoms with Gasteiger partial charge in [0.05, 0.1) is 11.3 Å². The summed E-state index contributed by atoms with van der Waals surface area (Å²) in [6.07, 6.45) is 0. The van der Waals surface area contributed by atoms with Crippen LogP contribution in [0.4, 0.5) is 10.1 Å². The number of anilines is 1. The van der Waals surface area contributed by atoms with Gasteiger partial charge >= 0.3 is 0 Å². The molecule has 1 rings (SSSR count). The van der Waals surface area contributed by atoms with E-state index >= 15 is 0 Å². The van der Waals surface area contributed by atoms with Crippen LogP contribution in [0.1, 0.15) is 24.2 Å². The topological polar surface area (TPSA) is 55.1 Å². The number of hydrogen-bond donors (Lipinski definition) is 2. The van der Waals surface area contributed by atoms with Gasteiger partial charge in [0, 0.05) is 6.04 Å². The molecule has 14 heavy (non-hydrogen) atoms.